The van der Waals surface area contributed by atoms with Crippen LogP contribution >= 0.6 is 23.2 Å². The smallest absolute Gasteiger partial charge is 0.290 e. The van der Waals surface area contributed by atoms with Crippen molar-refractivity contribution in [3.63, 3.8) is 0 Å². The minimum absolute atomic E-state index is 0.00825. The summed E-state index contributed by atoms with van der Waals surface area (Å²) in [6.07, 6.45) is 1.74. The summed E-state index contributed by atoms with van der Waals surface area (Å²) < 4.78 is 0. The Morgan fingerprint density at radius 1 is 1.29 bits per heavy atom. The molecule has 6 nitrogen and oxygen atoms in total. The third-order valence-corrected chi connectivity index (χ3v) is 5.55. The van der Waals surface area contributed by atoms with E-state index >= 15 is 0 Å². The minimum atomic E-state index is -0.685. The number of hydrogen-bond donors (Lipinski definition) is 2. The summed E-state index contributed by atoms with van der Waals surface area (Å²) >= 11 is 11.9. The fraction of sp³-hybridized carbons (Fsp3) is 0.450. The fourth-order valence-corrected chi connectivity index (χ4v) is 3.52. The molecule has 0 aliphatic carbocycles. The van der Waals surface area contributed by atoms with Gasteiger partial charge in [-0.05, 0) is 50.8 Å². The Labute approximate surface area is 174 Å². The van der Waals surface area contributed by atoms with Gasteiger partial charge in [0.15, 0.2) is 11.5 Å². The Kier molecular flexibility index (Phi) is 7.49. The summed E-state index contributed by atoms with van der Waals surface area (Å²) in [5.74, 6) is -1.96. The van der Waals surface area contributed by atoms with Crippen LogP contribution in [0.2, 0.25) is 10.0 Å². The average molecular weight is 427 g/mol. The molecule has 1 aromatic rings. The largest absolute Gasteiger partial charge is 0.503 e. The number of nitrogens with one attached hydrogen (secondary N) is 1. The van der Waals surface area contributed by atoms with Gasteiger partial charge >= 0.3 is 0 Å². The van der Waals surface area contributed by atoms with E-state index in [0.29, 0.717) is 29.3 Å². The van der Waals surface area contributed by atoms with Crippen molar-refractivity contribution in [2.45, 2.75) is 52.1 Å². The maximum Gasteiger partial charge on any atom is 0.290 e. The summed E-state index contributed by atoms with van der Waals surface area (Å²) in [7, 11) is 0. The summed E-state index contributed by atoms with van der Waals surface area (Å²) in [4.78, 5) is 37.7. The molecule has 0 saturated heterocycles. The first-order chi connectivity index (χ1) is 13.1. The molecule has 2 amide bonds. The molecule has 0 bridgehead atoms. The van der Waals surface area contributed by atoms with Crippen molar-refractivity contribution in [1.29, 1.82) is 0 Å². The van der Waals surface area contributed by atoms with E-state index < -0.39 is 23.6 Å². The highest BCUT2D eigenvalue weighted by Crippen LogP contribution is 2.24. The predicted octanol–water partition coefficient (Wildman–Crippen LogP) is 3.45. The number of Topliss-reactive ketones (excluding diaryl/α,β-unsaturated/α-hetero) is 1. The Morgan fingerprint density at radius 2 is 1.96 bits per heavy atom. The molecule has 0 radical (unpaired) electrons. The van der Waals surface area contributed by atoms with Gasteiger partial charge in [-0.25, -0.2) is 0 Å². The van der Waals surface area contributed by atoms with Gasteiger partial charge in [-0.1, -0.05) is 36.2 Å². The first-order valence-corrected chi connectivity index (χ1v) is 9.89. The van der Waals surface area contributed by atoms with Crippen LogP contribution in [0.4, 0.5) is 0 Å². The Morgan fingerprint density at radius 3 is 2.54 bits per heavy atom. The van der Waals surface area contributed by atoms with Crippen LogP contribution in [0.5, 0.6) is 0 Å². The molecule has 0 spiro atoms. The van der Waals surface area contributed by atoms with Gasteiger partial charge < -0.3 is 15.3 Å². The second-order valence-electron chi connectivity index (χ2n) is 6.96. The zero-order valence-electron chi connectivity index (χ0n) is 16.1. The highest BCUT2D eigenvalue weighted by atomic mass is 35.5. The van der Waals surface area contributed by atoms with Crippen molar-refractivity contribution in [3.8, 4) is 0 Å². The maximum atomic E-state index is 12.5. The molecule has 1 aromatic carbocycles. The molecule has 2 N–H and O–H groups in total. The number of carbonyl (C=O) groups is 3. The van der Waals surface area contributed by atoms with Gasteiger partial charge in [0.25, 0.3) is 11.8 Å². The van der Waals surface area contributed by atoms with Crippen molar-refractivity contribution in [2.75, 3.05) is 6.54 Å². The van der Waals surface area contributed by atoms with Gasteiger partial charge in [-0.2, -0.15) is 0 Å². The van der Waals surface area contributed by atoms with Gasteiger partial charge in [-0.15, -0.1) is 0 Å². The minimum Gasteiger partial charge on any atom is -0.503 e. The van der Waals surface area contributed by atoms with Crippen LogP contribution in [0.15, 0.2) is 29.5 Å². The van der Waals surface area contributed by atoms with Crippen LogP contribution in [-0.2, 0) is 20.8 Å². The summed E-state index contributed by atoms with van der Waals surface area (Å²) in [5, 5.41) is 13.9. The molecule has 1 aliphatic heterocycles. The Bertz CT molecular complexity index is 822. The van der Waals surface area contributed by atoms with Gasteiger partial charge in [0.05, 0.1) is 28.2 Å². The number of hydrogen-bond acceptors (Lipinski definition) is 4. The molecule has 0 aromatic heterocycles. The van der Waals surface area contributed by atoms with E-state index in [4.69, 9.17) is 23.2 Å². The molecule has 8 heteroatoms. The van der Waals surface area contributed by atoms with E-state index in [9.17, 15) is 19.5 Å². The zero-order valence-corrected chi connectivity index (χ0v) is 17.6. The van der Waals surface area contributed by atoms with Crippen LogP contribution in [0.25, 0.3) is 0 Å². The van der Waals surface area contributed by atoms with Crippen molar-refractivity contribution >= 4 is 40.8 Å². The molecule has 0 saturated carbocycles. The number of halogens is 2. The zero-order chi connectivity index (χ0) is 21.0. The molecule has 2 unspecified atom stereocenters. The molecule has 1 aliphatic rings. The monoisotopic (exact) mass is 426 g/mol. The number of rotatable bonds is 8. The van der Waals surface area contributed by atoms with E-state index in [1.54, 1.807) is 19.1 Å². The molecule has 152 valence electrons. The van der Waals surface area contributed by atoms with E-state index in [-0.39, 0.29) is 23.9 Å². The lowest BCUT2D eigenvalue weighted by atomic mass is 10.1. The number of nitrogens with zero attached hydrogens (tertiary/aromatic N) is 1. The SMILES string of the molecule is CCC(C(C)=O)N1CC(C(=O)NC(C)CCc2ccc(Cl)c(Cl)c2)=C(O)C1=O. The molecule has 0 fully saturated rings. The fourth-order valence-electron chi connectivity index (χ4n) is 3.20. The summed E-state index contributed by atoms with van der Waals surface area (Å²) in [6.45, 7) is 4.93. The molecule has 28 heavy (non-hydrogen) atoms. The van der Waals surface area contributed by atoms with Crippen LogP contribution in [0, 0.1) is 0 Å². The average Bonchev–Trinajstić information content (AvgIpc) is 2.92. The standard InChI is InChI=1S/C20H24Cl2N2O4/c1-4-17(12(3)25)24-10-14(18(26)20(24)28)19(27)23-11(2)5-6-13-7-8-15(21)16(22)9-13/h7-9,11,17,26H,4-6,10H2,1-3H3,(H,23,27). The van der Waals surface area contributed by atoms with Gasteiger partial charge in [0.2, 0.25) is 0 Å². The lowest BCUT2D eigenvalue weighted by molar-refractivity contribution is -0.135. The van der Waals surface area contributed by atoms with Crippen molar-refractivity contribution in [2.24, 2.45) is 0 Å². The number of aliphatic hydroxyl groups is 1. The third-order valence-electron chi connectivity index (χ3n) is 4.81. The third kappa shape index (κ3) is 5.06. The summed E-state index contributed by atoms with van der Waals surface area (Å²) in [6, 6.07) is 4.54. The summed E-state index contributed by atoms with van der Waals surface area (Å²) in [5.41, 5.74) is 0.984. The number of benzene rings is 1. The Hall–Kier alpha value is -2.05. The highest BCUT2D eigenvalue weighted by Gasteiger charge is 2.38. The van der Waals surface area contributed by atoms with Crippen LogP contribution < -0.4 is 5.32 Å². The van der Waals surface area contributed by atoms with Crippen molar-refractivity contribution in [1.82, 2.24) is 10.2 Å². The van der Waals surface area contributed by atoms with Gasteiger partial charge in [-0.3, -0.25) is 14.4 Å². The van der Waals surface area contributed by atoms with Crippen molar-refractivity contribution < 1.29 is 19.5 Å². The van der Waals surface area contributed by atoms with E-state index in [1.165, 1.54) is 11.8 Å². The predicted molar refractivity (Wildman–Crippen MR) is 109 cm³/mol. The molecule has 2 atom stereocenters. The van der Waals surface area contributed by atoms with E-state index in [0.717, 1.165) is 5.56 Å². The lowest BCUT2D eigenvalue weighted by Crippen LogP contribution is -2.42. The molecule has 1 heterocycles. The van der Waals surface area contributed by atoms with Gasteiger partial charge in [0, 0.05) is 6.04 Å². The molecular weight excluding hydrogens is 403 g/mol. The first-order valence-electron chi connectivity index (χ1n) is 9.14. The topological polar surface area (TPSA) is 86.7 Å². The van der Waals surface area contributed by atoms with E-state index in [2.05, 4.69) is 5.32 Å². The first kappa shape index (κ1) is 22.2. The van der Waals surface area contributed by atoms with Crippen molar-refractivity contribution in [3.05, 3.63) is 45.1 Å². The van der Waals surface area contributed by atoms with Crippen LogP contribution in [-0.4, -0.2) is 46.2 Å². The number of amides is 2. The lowest BCUT2D eigenvalue weighted by Gasteiger charge is -2.24. The number of carbonyl (C=O) groups excluding carboxylic acids is 3. The van der Waals surface area contributed by atoms with Crippen LogP contribution in [0.1, 0.15) is 39.2 Å². The Balaban J connectivity index is 1.96. The quantitative estimate of drug-likeness (QED) is 0.666. The van der Waals surface area contributed by atoms with Crippen LogP contribution in [0.3, 0.4) is 0 Å². The van der Waals surface area contributed by atoms with E-state index in [1.807, 2.05) is 13.0 Å². The maximum absolute atomic E-state index is 12.5. The number of aliphatic hydroxyl groups excluding tert-OH is 1. The number of aryl methyl sites for hydroxylation is 1. The van der Waals surface area contributed by atoms with Gasteiger partial charge in [0.1, 0.15) is 0 Å². The normalized spacial score (nSPS) is 16.3. The second kappa shape index (κ2) is 9.43. The molecular formula is C20H24Cl2N2O4. The second-order valence-corrected chi connectivity index (χ2v) is 7.77. The highest BCUT2D eigenvalue weighted by molar-refractivity contribution is 6.42. The molecule has 2 rings (SSSR count). The number of ketones is 1.